The van der Waals surface area contributed by atoms with Gasteiger partial charge in [0.2, 0.25) is 0 Å². The summed E-state index contributed by atoms with van der Waals surface area (Å²) in [6.45, 7) is 3.12. The Balaban J connectivity index is 1.38. The van der Waals surface area contributed by atoms with Crippen LogP contribution < -0.4 is 10.2 Å². The van der Waals surface area contributed by atoms with Crippen molar-refractivity contribution < 1.29 is 14.3 Å². The van der Waals surface area contributed by atoms with Crippen molar-refractivity contribution in [1.82, 2.24) is 5.32 Å². The number of nitrogens with one attached hydrogen (secondary N) is 1. The van der Waals surface area contributed by atoms with Crippen LogP contribution in [0.1, 0.15) is 43.0 Å². The summed E-state index contributed by atoms with van der Waals surface area (Å²) in [6, 6.07) is 7.40. The fraction of sp³-hybridized carbons (Fsp3) is 0.579. The highest BCUT2D eigenvalue weighted by Crippen LogP contribution is 2.49. The van der Waals surface area contributed by atoms with Crippen molar-refractivity contribution in [3.05, 3.63) is 29.8 Å². The van der Waals surface area contributed by atoms with Crippen LogP contribution in [0.15, 0.2) is 24.3 Å². The average molecular weight is 328 g/mol. The first kappa shape index (κ1) is 15.5. The number of hydrogen-bond acceptors (Lipinski definition) is 3. The van der Waals surface area contributed by atoms with Crippen LogP contribution in [0.25, 0.3) is 0 Å². The normalized spacial score (nSPS) is 29.6. The van der Waals surface area contributed by atoms with E-state index in [1.165, 1.54) is 25.7 Å². The van der Waals surface area contributed by atoms with E-state index >= 15 is 0 Å². The molecule has 1 N–H and O–H groups in total. The van der Waals surface area contributed by atoms with Crippen molar-refractivity contribution >= 4 is 17.7 Å². The molecule has 4 atom stereocenters. The van der Waals surface area contributed by atoms with E-state index in [-0.39, 0.29) is 18.0 Å². The lowest BCUT2D eigenvalue weighted by atomic mass is 9.84. The lowest BCUT2D eigenvalue weighted by Gasteiger charge is -2.28. The number of carbonyl (C=O) groups is 2. The van der Waals surface area contributed by atoms with Crippen molar-refractivity contribution in [2.75, 3.05) is 18.1 Å². The molecule has 0 radical (unpaired) electrons. The minimum atomic E-state index is -0.322. The largest absolute Gasteiger partial charge is 0.447 e. The number of nitrogens with zero attached hydrogens (tertiary/aromatic N) is 1. The molecule has 3 aliphatic rings. The van der Waals surface area contributed by atoms with Gasteiger partial charge in [-0.1, -0.05) is 6.42 Å². The van der Waals surface area contributed by atoms with Gasteiger partial charge in [-0.3, -0.25) is 9.69 Å². The number of benzene rings is 1. The molecule has 4 unspecified atom stereocenters. The average Bonchev–Trinajstić information content (AvgIpc) is 3.31. The minimum absolute atomic E-state index is 0.0270. The van der Waals surface area contributed by atoms with E-state index < -0.39 is 0 Å². The van der Waals surface area contributed by atoms with Gasteiger partial charge in [0.1, 0.15) is 6.61 Å². The summed E-state index contributed by atoms with van der Waals surface area (Å²) in [5.41, 5.74) is 1.41. The minimum Gasteiger partial charge on any atom is -0.447 e. The number of rotatable bonds is 4. The molecule has 1 aromatic rings. The van der Waals surface area contributed by atoms with Crippen LogP contribution in [0, 0.1) is 17.8 Å². The van der Waals surface area contributed by atoms with Gasteiger partial charge in [-0.05, 0) is 68.2 Å². The molecule has 0 aromatic heterocycles. The Hall–Kier alpha value is -2.04. The summed E-state index contributed by atoms with van der Waals surface area (Å²) < 4.78 is 4.94. The van der Waals surface area contributed by atoms with Crippen molar-refractivity contribution in [3.63, 3.8) is 0 Å². The van der Waals surface area contributed by atoms with E-state index in [1.54, 1.807) is 17.0 Å². The van der Waals surface area contributed by atoms with Crippen LogP contribution in [0.2, 0.25) is 0 Å². The van der Waals surface area contributed by atoms with Gasteiger partial charge in [0.25, 0.3) is 5.91 Å². The number of anilines is 1. The monoisotopic (exact) mass is 328 g/mol. The van der Waals surface area contributed by atoms with Crippen LogP contribution in [-0.2, 0) is 4.74 Å². The number of cyclic esters (lactones) is 1. The Morgan fingerprint density at radius 2 is 2.04 bits per heavy atom. The molecule has 2 bridgehead atoms. The maximum Gasteiger partial charge on any atom is 0.414 e. The zero-order valence-corrected chi connectivity index (χ0v) is 14.0. The molecule has 1 aliphatic heterocycles. The summed E-state index contributed by atoms with van der Waals surface area (Å²) in [5, 5.41) is 3.18. The van der Waals surface area contributed by atoms with Crippen LogP contribution in [0.5, 0.6) is 0 Å². The second-order valence-corrected chi connectivity index (χ2v) is 7.41. The van der Waals surface area contributed by atoms with E-state index in [0.29, 0.717) is 24.6 Å². The zero-order valence-electron chi connectivity index (χ0n) is 14.0. The standard InChI is InChI=1S/C19H24N2O3/c1-12(17-11-13-2-3-15(17)10-13)20-18(22)14-4-6-16(7-5-14)21-8-9-24-19(21)23/h4-7,12-13,15,17H,2-3,8-11H2,1H3,(H,20,22). The molecule has 1 saturated heterocycles. The molecule has 24 heavy (non-hydrogen) atoms. The molecule has 128 valence electrons. The number of ether oxygens (including phenoxy) is 1. The van der Waals surface area contributed by atoms with Crippen molar-refractivity contribution in [2.45, 2.75) is 38.6 Å². The molecule has 2 amide bonds. The Kier molecular flexibility index (Phi) is 3.94. The summed E-state index contributed by atoms with van der Waals surface area (Å²) >= 11 is 0. The molecule has 1 aromatic carbocycles. The van der Waals surface area contributed by atoms with Crippen LogP contribution in [0.4, 0.5) is 10.5 Å². The molecular formula is C19H24N2O3. The summed E-state index contributed by atoms with van der Waals surface area (Å²) in [7, 11) is 0. The fourth-order valence-corrected chi connectivity index (χ4v) is 4.72. The predicted octanol–water partition coefficient (Wildman–Crippen LogP) is 3.20. The topological polar surface area (TPSA) is 58.6 Å². The Morgan fingerprint density at radius 3 is 2.62 bits per heavy atom. The van der Waals surface area contributed by atoms with Gasteiger partial charge in [0, 0.05) is 17.3 Å². The summed E-state index contributed by atoms with van der Waals surface area (Å²) in [4.78, 5) is 25.7. The fourth-order valence-electron chi connectivity index (χ4n) is 4.72. The molecule has 5 nitrogen and oxygen atoms in total. The van der Waals surface area contributed by atoms with Gasteiger partial charge >= 0.3 is 6.09 Å². The van der Waals surface area contributed by atoms with Crippen molar-refractivity contribution in [3.8, 4) is 0 Å². The third-order valence-electron chi connectivity index (χ3n) is 6.00. The molecule has 2 aliphatic carbocycles. The quantitative estimate of drug-likeness (QED) is 0.923. The van der Waals surface area contributed by atoms with E-state index in [9.17, 15) is 9.59 Å². The summed E-state index contributed by atoms with van der Waals surface area (Å²) in [6.07, 6.45) is 5.00. The third kappa shape index (κ3) is 2.76. The van der Waals surface area contributed by atoms with E-state index in [4.69, 9.17) is 4.74 Å². The maximum atomic E-state index is 12.5. The van der Waals surface area contributed by atoms with E-state index in [0.717, 1.165) is 17.5 Å². The van der Waals surface area contributed by atoms with Gasteiger partial charge in [-0.25, -0.2) is 4.79 Å². The zero-order chi connectivity index (χ0) is 16.7. The Bertz CT molecular complexity index is 643. The van der Waals surface area contributed by atoms with E-state index in [1.807, 2.05) is 12.1 Å². The smallest absolute Gasteiger partial charge is 0.414 e. The number of hydrogen-bond donors (Lipinski definition) is 1. The first-order valence-electron chi connectivity index (χ1n) is 8.97. The molecule has 5 heteroatoms. The lowest BCUT2D eigenvalue weighted by Crippen LogP contribution is -2.40. The maximum absolute atomic E-state index is 12.5. The third-order valence-corrected chi connectivity index (χ3v) is 6.00. The molecule has 2 saturated carbocycles. The van der Waals surface area contributed by atoms with Crippen molar-refractivity contribution in [2.24, 2.45) is 17.8 Å². The molecule has 4 rings (SSSR count). The van der Waals surface area contributed by atoms with Crippen molar-refractivity contribution in [1.29, 1.82) is 0 Å². The van der Waals surface area contributed by atoms with Crippen LogP contribution >= 0.6 is 0 Å². The van der Waals surface area contributed by atoms with Gasteiger partial charge in [0.15, 0.2) is 0 Å². The van der Waals surface area contributed by atoms with Crippen LogP contribution in [-0.4, -0.2) is 31.2 Å². The number of carbonyl (C=O) groups excluding carboxylic acids is 2. The lowest BCUT2D eigenvalue weighted by molar-refractivity contribution is 0.0915. The first-order valence-corrected chi connectivity index (χ1v) is 8.97. The predicted molar refractivity (Wildman–Crippen MR) is 91.0 cm³/mol. The van der Waals surface area contributed by atoms with Gasteiger partial charge in [-0.15, -0.1) is 0 Å². The second-order valence-electron chi connectivity index (χ2n) is 7.41. The Morgan fingerprint density at radius 1 is 1.25 bits per heavy atom. The van der Waals surface area contributed by atoms with Gasteiger partial charge in [-0.2, -0.15) is 0 Å². The highest BCUT2D eigenvalue weighted by Gasteiger charge is 2.42. The van der Waals surface area contributed by atoms with Gasteiger partial charge in [0.05, 0.1) is 6.54 Å². The highest BCUT2D eigenvalue weighted by atomic mass is 16.6. The summed E-state index contributed by atoms with van der Waals surface area (Å²) in [5.74, 6) is 2.29. The molecule has 3 fully saturated rings. The second kappa shape index (κ2) is 6.11. The number of fused-ring (bicyclic) bond motifs is 2. The number of amides is 2. The highest BCUT2D eigenvalue weighted by molar-refractivity contribution is 5.95. The first-order chi connectivity index (χ1) is 11.6. The molecular weight excluding hydrogens is 304 g/mol. The molecule has 1 heterocycles. The van der Waals surface area contributed by atoms with Crippen LogP contribution in [0.3, 0.4) is 0 Å². The SMILES string of the molecule is CC(NC(=O)c1ccc(N2CCOC2=O)cc1)C1CC2CCC1C2. The van der Waals surface area contributed by atoms with E-state index in [2.05, 4.69) is 12.2 Å². The van der Waals surface area contributed by atoms with Gasteiger partial charge < -0.3 is 10.1 Å². The Labute approximate surface area is 142 Å². The molecule has 0 spiro atoms.